The third-order valence-corrected chi connectivity index (χ3v) is 3.60. The van der Waals surface area contributed by atoms with Gasteiger partial charge in [-0.2, -0.15) is 5.26 Å². The van der Waals surface area contributed by atoms with Crippen LogP contribution in [0.3, 0.4) is 0 Å². The Hall–Kier alpha value is -3.80. The lowest BCUT2D eigenvalue weighted by molar-refractivity contribution is -0.274. The van der Waals surface area contributed by atoms with Crippen molar-refractivity contribution >= 4 is 0 Å². The number of aromatic amines is 1. The number of hydrogen-bond acceptors (Lipinski definition) is 4. The van der Waals surface area contributed by atoms with Crippen molar-refractivity contribution in [2.45, 2.75) is 6.36 Å². The van der Waals surface area contributed by atoms with Gasteiger partial charge in [0, 0.05) is 0 Å². The maximum Gasteiger partial charge on any atom is 0.573 e. The summed E-state index contributed by atoms with van der Waals surface area (Å²) in [4.78, 5) is 27.5. The van der Waals surface area contributed by atoms with Gasteiger partial charge >= 0.3 is 12.1 Å². The first-order valence-corrected chi connectivity index (χ1v) is 7.51. The van der Waals surface area contributed by atoms with Gasteiger partial charge in [-0.25, -0.2) is 9.36 Å². The fourth-order valence-electron chi connectivity index (χ4n) is 2.49. The van der Waals surface area contributed by atoms with Crippen LogP contribution in [0.5, 0.6) is 5.75 Å². The zero-order valence-corrected chi connectivity index (χ0v) is 13.4. The monoisotopic (exact) mass is 373 g/mol. The standard InChI is InChI=1S/C18H10F3N3O3/c19-18(20,21)27-13-8-6-12(7-9-13)24-16(25)14(10-22)15(23-17(24)26)11-4-2-1-3-5-11/h1-9H,(H,23,26). The van der Waals surface area contributed by atoms with Crippen LogP contribution in [0.1, 0.15) is 5.56 Å². The lowest BCUT2D eigenvalue weighted by Gasteiger charge is -2.11. The quantitative estimate of drug-likeness (QED) is 0.765. The van der Waals surface area contributed by atoms with Gasteiger partial charge in [0.2, 0.25) is 0 Å². The number of nitrogens with one attached hydrogen (secondary N) is 1. The van der Waals surface area contributed by atoms with Crippen LogP contribution in [0.4, 0.5) is 13.2 Å². The van der Waals surface area contributed by atoms with Gasteiger partial charge in [-0.05, 0) is 29.8 Å². The molecule has 0 unspecified atom stereocenters. The SMILES string of the molecule is N#Cc1c(-c2ccccc2)[nH]c(=O)n(-c2ccc(OC(F)(F)F)cc2)c1=O. The highest BCUT2D eigenvalue weighted by molar-refractivity contribution is 5.65. The number of nitriles is 1. The molecule has 2 aromatic carbocycles. The van der Waals surface area contributed by atoms with E-state index in [2.05, 4.69) is 9.72 Å². The van der Waals surface area contributed by atoms with Gasteiger partial charge in [-0.3, -0.25) is 4.79 Å². The molecule has 0 saturated heterocycles. The largest absolute Gasteiger partial charge is 0.573 e. The molecule has 0 saturated carbocycles. The van der Waals surface area contributed by atoms with Crippen molar-refractivity contribution in [1.82, 2.24) is 9.55 Å². The number of alkyl halides is 3. The minimum atomic E-state index is -4.86. The Morgan fingerprint density at radius 3 is 2.19 bits per heavy atom. The van der Waals surface area contributed by atoms with Crippen molar-refractivity contribution < 1.29 is 17.9 Å². The van der Waals surface area contributed by atoms with Crippen LogP contribution in [0.15, 0.2) is 64.2 Å². The first kappa shape index (κ1) is 18.0. The van der Waals surface area contributed by atoms with Gasteiger partial charge in [0.05, 0.1) is 11.4 Å². The number of rotatable bonds is 3. The molecule has 3 aromatic rings. The minimum Gasteiger partial charge on any atom is -0.406 e. The summed E-state index contributed by atoms with van der Waals surface area (Å²) in [7, 11) is 0. The van der Waals surface area contributed by atoms with Crippen LogP contribution in [0.2, 0.25) is 0 Å². The van der Waals surface area contributed by atoms with Crippen molar-refractivity contribution in [1.29, 1.82) is 5.26 Å². The van der Waals surface area contributed by atoms with E-state index >= 15 is 0 Å². The zero-order valence-electron chi connectivity index (χ0n) is 13.4. The van der Waals surface area contributed by atoms with E-state index in [1.165, 1.54) is 0 Å². The number of benzene rings is 2. The third-order valence-electron chi connectivity index (χ3n) is 3.60. The Morgan fingerprint density at radius 2 is 1.63 bits per heavy atom. The first-order valence-electron chi connectivity index (χ1n) is 7.51. The van der Waals surface area contributed by atoms with Crippen molar-refractivity contribution in [3.8, 4) is 28.8 Å². The van der Waals surface area contributed by atoms with Crippen LogP contribution < -0.4 is 16.0 Å². The lowest BCUT2D eigenvalue weighted by atomic mass is 10.1. The predicted molar refractivity (Wildman–Crippen MR) is 89.5 cm³/mol. The Balaban J connectivity index is 2.12. The Morgan fingerprint density at radius 1 is 1.00 bits per heavy atom. The van der Waals surface area contributed by atoms with Crippen LogP contribution >= 0.6 is 0 Å². The maximum absolute atomic E-state index is 12.6. The van der Waals surface area contributed by atoms with Crippen LogP contribution in [-0.4, -0.2) is 15.9 Å². The minimum absolute atomic E-state index is 0.00751. The van der Waals surface area contributed by atoms with Gasteiger partial charge in [0.25, 0.3) is 5.56 Å². The molecule has 0 aliphatic carbocycles. The van der Waals surface area contributed by atoms with Gasteiger partial charge in [0.1, 0.15) is 17.4 Å². The molecule has 27 heavy (non-hydrogen) atoms. The first-order chi connectivity index (χ1) is 12.8. The number of aromatic nitrogens is 2. The fraction of sp³-hybridized carbons (Fsp3) is 0.0556. The Kier molecular flexibility index (Phi) is 4.56. The second-order valence-corrected chi connectivity index (χ2v) is 5.34. The molecule has 0 bridgehead atoms. The normalized spacial score (nSPS) is 11.0. The molecule has 136 valence electrons. The third kappa shape index (κ3) is 3.74. The number of ether oxygens (including phenoxy) is 1. The predicted octanol–water partition coefficient (Wildman–Crippen LogP) is 2.96. The highest BCUT2D eigenvalue weighted by Crippen LogP contribution is 2.23. The van der Waals surface area contributed by atoms with E-state index in [0.29, 0.717) is 10.1 Å². The summed E-state index contributed by atoms with van der Waals surface area (Å²) in [5.41, 5.74) is -1.47. The molecule has 1 heterocycles. The highest BCUT2D eigenvalue weighted by Gasteiger charge is 2.31. The smallest absolute Gasteiger partial charge is 0.406 e. The number of halogens is 3. The van der Waals surface area contributed by atoms with E-state index in [0.717, 1.165) is 24.3 Å². The number of nitrogens with zero attached hydrogens (tertiary/aromatic N) is 2. The summed E-state index contributed by atoms with van der Waals surface area (Å²) in [5, 5.41) is 9.36. The lowest BCUT2D eigenvalue weighted by Crippen LogP contribution is -2.36. The van der Waals surface area contributed by atoms with Gasteiger partial charge in [-0.15, -0.1) is 13.2 Å². The summed E-state index contributed by atoms with van der Waals surface area (Å²) in [5.74, 6) is -0.503. The van der Waals surface area contributed by atoms with E-state index in [1.54, 1.807) is 36.4 Å². The van der Waals surface area contributed by atoms with Crippen molar-refractivity contribution in [3.63, 3.8) is 0 Å². The summed E-state index contributed by atoms with van der Waals surface area (Å²) < 4.78 is 41.1. The molecule has 9 heteroatoms. The molecular formula is C18H10F3N3O3. The van der Waals surface area contributed by atoms with Gasteiger partial charge in [-0.1, -0.05) is 30.3 Å². The summed E-state index contributed by atoms with van der Waals surface area (Å²) >= 11 is 0. The molecule has 0 spiro atoms. The summed E-state index contributed by atoms with van der Waals surface area (Å²) in [6, 6.07) is 14.3. The van der Waals surface area contributed by atoms with E-state index < -0.39 is 23.4 Å². The van der Waals surface area contributed by atoms with Crippen molar-refractivity contribution in [3.05, 3.63) is 81.0 Å². The molecule has 0 radical (unpaired) electrons. The highest BCUT2D eigenvalue weighted by atomic mass is 19.4. The maximum atomic E-state index is 12.6. The fourth-order valence-corrected chi connectivity index (χ4v) is 2.49. The molecule has 0 amide bonds. The second kappa shape index (κ2) is 6.84. The molecule has 6 nitrogen and oxygen atoms in total. The zero-order chi connectivity index (χ0) is 19.6. The van der Waals surface area contributed by atoms with E-state index in [4.69, 9.17) is 0 Å². The molecule has 1 aromatic heterocycles. The molecule has 0 fully saturated rings. The molecule has 0 atom stereocenters. The number of hydrogen-bond donors (Lipinski definition) is 1. The number of H-pyrrole nitrogens is 1. The molecule has 1 N–H and O–H groups in total. The van der Waals surface area contributed by atoms with E-state index in [-0.39, 0.29) is 16.9 Å². The summed E-state index contributed by atoms with van der Waals surface area (Å²) in [6.07, 6.45) is -4.86. The topological polar surface area (TPSA) is 87.9 Å². The molecular weight excluding hydrogens is 363 g/mol. The average Bonchev–Trinajstić information content (AvgIpc) is 2.62. The van der Waals surface area contributed by atoms with Gasteiger partial charge < -0.3 is 9.72 Å². The van der Waals surface area contributed by atoms with Crippen molar-refractivity contribution in [2.24, 2.45) is 0 Å². The van der Waals surface area contributed by atoms with E-state index in [9.17, 15) is 28.0 Å². The van der Waals surface area contributed by atoms with Crippen LogP contribution in [0, 0.1) is 11.3 Å². The van der Waals surface area contributed by atoms with Gasteiger partial charge in [0.15, 0.2) is 0 Å². The molecule has 0 aliphatic heterocycles. The average molecular weight is 373 g/mol. The molecule has 3 rings (SSSR count). The molecule has 0 aliphatic rings. The second-order valence-electron chi connectivity index (χ2n) is 5.34. The Bertz CT molecular complexity index is 1130. The van der Waals surface area contributed by atoms with E-state index in [1.807, 2.05) is 0 Å². The van der Waals surface area contributed by atoms with Crippen LogP contribution in [0.25, 0.3) is 16.9 Å². The summed E-state index contributed by atoms with van der Waals surface area (Å²) in [6.45, 7) is 0. The van der Waals surface area contributed by atoms with Crippen molar-refractivity contribution in [2.75, 3.05) is 0 Å². The van der Waals surface area contributed by atoms with Crippen LogP contribution in [-0.2, 0) is 0 Å². The Labute approximate surface area is 149 Å².